The Balaban J connectivity index is 0.00000300. The molecule has 5 nitrogen and oxygen atoms in total. The molecule has 0 unspecified atom stereocenters. The Bertz CT molecular complexity index is 818. The number of nitrogens with one attached hydrogen (secondary N) is 1. The predicted octanol–water partition coefficient (Wildman–Crippen LogP) is 3.91. The lowest BCUT2D eigenvalue weighted by atomic mass is 10.2. The van der Waals surface area contributed by atoms with Crippen molar-refractivity contribution in [3.63, 3.8) is 0 Å². The number of rotatable bonds is 7. The molecule has 0 saturated heterocycles. The summed E-state index contributed by atoms with van der Waals surface area (Å²) in [5, 5.41) is 3.35. The molecule has 0 spiro atoms. The van der Waals surface area contributed by atoms with Gasteiger partial charge in [-0.3, -0.25) is 4.99 Å². The maximum atomic E-state index is 13.6. The Hall–Kier alpha value is -2.29. The van der Waals surface area contributed by atoms with Crippen LogP contribution in [0.3, 0.4) is 0 Å². The van der Waals surface area contributed by atoms with E-state index in [4.69, 9.17) is 4.74 Å². The van der Waals surface area contributed by atoms with Gasteiger partial charge >= 0.3 is 0 Å². The highest BCUT2D eigenvalue weighted by atomic mass is 127. The number of likely N-dealkylation sites (N-methyl/N-ethyl adjacent to an activating group) is 1. The quantitative estimate of drug-likeness (QED) is 0.266. The topological polar surface area (TPSA) is 40.1 Å². The fourth-order valence-electron chi connectivity index (χ4n) is 3.04. The molecule has 0 aliphatic carbocycles. The Morgan fingerprint density at radius 2 is 1.83 bits per heavy atom. The maximum absolute atomic E-state index is 13.6. The number of ether oxygens (including phenoxy) is 1. The van der Waals surface area contributed by atoms with Gasteiger partial charge in [0.2, 0.25) is 0 Å². The second-order valence-corrected chi connectivity index (χ2v) is 6.64. The molecule has 0 atom stereocenters. The molecule has 1 aliphatic rings. The van der Waals surface area contributed by atoms with Crippen LogP contribution in [0.1, 0.15) is 5.56 Å². The third kappa shape index (κ3) is 6.62. The van der Waals surface area contributed by atoms with Gasteiger partial charge in [0.05, 0.1) is 6.54 Å². The summed E-state index contributed by atoms with van der Waals surface area (Å²) in [6.45, 7) is 3.60. The van der Waals surface area contributed by atoms with Crippen LogP contribution in [0.2, 0.25) is 0 Å². The Morgan fingerprint density at radius 1 is 1.14 bits per heavy atom. The zero-order valence-corrected chi connectivity index (χ0v) is 19.2. The number of anilines is 1. The van der Waals surface area contributed by atoms with Crippen molar-refractivity contribution in [1.29, 1.82) is 0 Å². The number of guanidine groups is 1. The van der Waals surface area contributed by atoms with Crippen LogP contribution in [0.25, 0.3) is 0 Å². The minimum atomic E-state index is -0.346. The van der Waals surface area contributed by atoms with Crippen molar-refractivity contribution in [1.82, 2.24) is 10.2 Å². The molecule has 0 fully saturated rings. The van der Waals surface area contributed by atoms with Gasteiger partial charge in [0, 0.05) is 39.4 Å². The third-order valence-electron chi connectivity index (χ3n) is 4.66. The van der Waals surface area contributed by atoms with E-state index < -0.39 is 0 Å². The number of aliphatic imine (C=N–C) groups is 1. The van der Waals surface area contributed by atoms with E-state index in [0.29, 0.717) is 19.7 Å². The smallest absolute Gasteiger partial charge is 0.193 e. The number of hydrogen-bond donors (Lipinski definition) is 1. The molecule has 0 bridgehead atoms. The predicted molar refractivity (Wildman–Crippen MR) is 128 cm³/mol. The fourth-order valence-corrected chi connectivity index (χ4v) is 3.04. The molecule has 1 heterocycles. The molecule has 1 N–H and O–H groups in total. The molecule has 3 rings (SSSR count). The maximum Gasteiger partial charge on any atom is 0.193 e. The molecule has 2 aromatic rings. The summed E-state index contributed by atoms with van der Waals surface area (Å²) < 4.78 is 19.1. The molecule has 0 aromatic heterocycles. The zero-order valence-electron chi connectivity index (χ0n) is 16.8. The summed E-state index contributed by atoms with van der Waals surface area (Å²) in [6.07, 6.45) is 4.37. The van der Waals surface area contributed by atoms with E-state index >= 15 is 0 Å². The van der Waals surface area contributed by atoms with Gasteiger partial charge in [-0.25, -0.2) is 4.39 Å². The monoisotopic (exact) mass is 510 g/mol. The minimum Gasteiger partial charge on any atom is -0.489 e. The summed E-state index contributed by atoms with van der Waals surface area (Å²) in [6, 6.07) is 15.0. The van der Waals surface area contributed by atoms with Crippen molar-refractivity contribution in [3.05, 3.63) is 72.1 Å². The number of para-hydroxylation sites is 1. The van der Waals surface area contributed by atoms with Crippen LogP contribution in [-0.2, 0) is 6.54 Å². The van der Waals surface area contributed by atoms with E-state index in [9.17, 15) is 4.39 Å². The molecule has 7 heteroatoms. The number of benzene rings is 2. The zero-order chi connectivity index (χ0) is 19.8. The average Bonchev–Trinajstić information content (AvgIpc) is 3.25. The third-order valence-corrected chi connectivity index (χ3v) is 4.66. The first kappa shape index (κ1) is 23.0. The van der Waals surface area contributed by atoms with Crippen LogP contribution in [0.15, 0.2) is 65.7 Å². The second kappa shape index (κ2) is 11.6. The first-order chi connectivity index (χ1) is 13.7. The lowest BCUT2D eigenvalue weighted by Gasteiger charge is -2.22. The van der Waals surface area contributed by atoms with Gasteiger partial charge in [0.25, 0.3) is 0 Å². The van der Waals surface area contributed by atoms with Crippen LogP contribution < -0.4 is 15.0 Å². The molecule has 0 saturated carbocycles. The summed E-state index contributed by atoms with van der Waals surface area (Å²) in [5.41, 5.74) is 2.42. The van der Waals surface area contributed by atoms with Gasteiger partial charge in [-0.1, -0.05) is 36.4 Å². The van der Waals surface area contributed by atoms with Crippen molar-refractivity contribution in [3.8, 4) is 5.75 Å². The van der Waals surface area contributed by atoms with Gasteiger partial charge in [-0.2, -0.15) is 0 Å². The lowest BCUT2D eigenvalue weighted by Crippen LogP contribution is -2.40. The van der Waals surface area contributed by atoms with Gasteiger partial charge in [-0.05, 0) is 29.8 Å². The lowest BCUT2D eigenvalue weighted by molar-refractivity contribution is 0.270. The van der Waals surface area contributed by atoms with Crippen LogP contribution in [0, 0.1) is 5.82 Å². The van der Waals surface area contributed by atoms with Crippen LogP contribution in [0.5, 0.6) is 5.75 Å². The van der Waals surface area contributed by atoms with Crippen LogP contribution in [-0.4, -0.2) is 51.2 Å². The highest BCUT2D eigenvalue weighted by molar-refractivity contribution is 14.0. The van der Waals surface area contributed by atoms with E-state index in [1.807, 2.05) is 11.9 Å². The summed E-state index contributed by atoms with van der Waals surface area (Å²) in [7, 11) is 3.68. The molecule has 29 heavy (non-hydrogen) atoms. The van der Waals surface area contributed by atoms with Gasteiger partial charge < -0.3 is 19.9 Å². The van der Waals surface area contributed by atoms with Crippen molar-refractivity contribution < 1.29 is 9.13 Å². The molecule has 0 radical (unpaired) electrons. The molecular formula is C22H28FIN4O. The fraction of sp³-hybridized carbons (Fsp3) is 0.318. The van der Waals surface area contributed by atoms with Crippen molar-refractivity contribution in [2.45, 2.75) is 6.54 Å². The number of hydrogen-bond acceptors (Lipinski definition) is 3. The number of nitrogens with zero attached hydrogens (tertiary/aromatic N) is 3. The molecule has 156 valence electrons. The van der Waals surface area contributed by atoms with Gasteiger partial charge in [0.1, 0.15) is 6.61 Å². The van der Waals surface area contributed by atoms with Crippen molar-refractivity contribution in [2.24, 2.45) is 4.99 Å². The minimum absolute atomic E-state index is 0. The van der Waals surface area contributed by atoms with E-state index in [-0.39, 0.29) is 35.5 Å². The Morgan fingerprint density at radius 3 is 2.48 bits per heavy atom. The average molecular weight is 510 g/mol. The Kier molecular flexibility index (Phi) is 9.24. The van der Waals surface area contributed by atoms with E-state index in [1.54, 1.807) is 25.2 Å². The van der Waals surface area contributed by atoms with E-state index in [0.717, 1.165) is 19.0 Å². The SMILES string of the molecule is CN=C(NCc1ccc(N2CC=CC2)cc1)N(C)CCOc1ccccc1F.I. The highest BCUT2D eigenvalue weighted by Gasteiger charge is 2.09. The second-order valence-electron chi connectivity index (χ2n) is 6.64. The Labute approximate surface area is 189 Å². The van der Waals surface area contributed by atoms with Gasteiger partial charge in [-0.15, -0.1) is 24.0 Å². The number of halogens is 2. The summed E-state index contributed by atoms with van der Waals surface area (Å²) >= 11 is 0. The molecular weight excluding hydrogens is 482 g/mol. The van der Waals surface area contributed by atoms with Crippen molar-refractivity contribution in [2.75, 3.05) is 45.2 Å². The molecule has 2 aromatic carbocycles. The van der Waals surface area contributed by atoms with E-state index in [2.05, 4.69) is 51.6 Å². The largest absolute Gasteiger partial charge is 0.489 e. The normalized spacial score (nSPS) is 13.2. The first-order valence-electron chi connectivity index (χ1n) is 9.45. The molecule has 0 amide bonds. The summed E-state index contributed by atoms with van der Waals surface area (Å²) in [4.78, 5) is 8.59. The van der Waals surface area contributed by atoms with Gasteiger partial charge in [0.15, 0.2) is 17.5 Å². The highest BCUT2D eigenvalue weighted by Crippen LogP contribution is 2.17. The molecule has 1 aliphatic heterocycles. The first-order valence-corrected chi connectivity index (χ1v) is 9.45. The standard InChI is InChI=1S/C22H27FN4O.HI/c1-24-22(26(2)15-16-28-21-8-4-3-7-20(21)23)25-17-18-9-11-19(12-10-18)27-13-5-6-14-27;/h3-12H,13-17H2,1-2H3,(H,24,25);1H. The summed E-state index contributed by atoms with van der Waals surface area (Å²) in [5.74, 6) is 0.693. The van der Waals surface area contributed by atoms with Crippen LogP contribution in [0.4, 0.5) is 10.1 Å². The van der Waals surface area contributed by atoms with Crippen molar-refractivity contribution >= 4 is 35.6 Å². The van der Waals surface area contributed by atoms with E-state index in [1.165, 1.54) is 17.3 Å². The van der Waals surface area contributed by atoms with Crippen LogP contribution >= 0.6 is 24.0 Å².